The lowest BCUT2D eigenvalue weighted by Crippen LogP contribution is -2.61. The molecule has 0 saturated carbocycles. The molecule has 2 heterocycles. The van der Waals surface area contributed by atoms with Gasteiger partial charge in [-0.05, 0) is 34.6 Å². The van der Waals surface area contributed by atoms with Crippen LogP contribution in [0, 0.1) is 0 Å². The Morgan fingerprint density at radius 2 is 1.64 bits per heavy atom. The summed E-state index contributed by atoms with van der Waals surface area (Å²) in [7, 11) is -3.40. The molecule has 2 aliphatic rings. The van der Waals surface area contributed by atoms with Gasteiger partial charge in [0.1, 0.15) is 10.9 Å². The summed E-state index contributed by atoms with van der Waals surface area (Å²) in [6.07, 6.45) is -0.288. The summed E-state index contributed by atoms with van der Waals surface area (Å²) in [6, 6.07) is 0. The zero-order chi connectivity index (χ0) is 21.1. The predicted molar refractivity (Wildman–Crippen MR) is 104 cm³/mol. The van der Waals surface area contributed by atoms with E-state index in [-0.39, 0.29) is 31.6 Å². The summed E-state index contributed by atoms with van der Waals surface area (Å²) in [4.78, 5) is 27.2. The van der Waals surface area contributed by atoms with Gasteiger partial charge in [0.05, 0.1) is 12.5 Å². The number of ether oxygens (including phenoxy) is 2. The molecular weight excluding hydrogens is 386 g/mol. The first-order valence-electron chi connectivity index (χ1n) is 9.77. The van der Waals surface area contributed by atoms with Crippen molar-refractivity contribution < 1.29 is 27.5 Å². The van der Waals surface area contributed by atoms with E-state index in [4.69, 9.17) is 9.47 Å². The zero-order valence-corrected chi connectivity index (χ0v) is 18.3. The molecule has 0 spiro atoms. The number of hydrogen-bond donors (Lipinski definition) is 0. The van der Waals surface area contributed by atoms with Crippen LogP contribution in [0.2, 0.25) is 0 Å². The Hall–Kier alpha value is -1.39. The minimum Gasteiger partial charge on any atom is -0.463 e. The number of rotatable bonds is 6. The van der Waals surface area contributed by atoms with Crippen LogP contribution in [-0.4, -0.2) is 97.4 Å². The van der Waals surface area contributed by atoms with Crippen LogP contribution in [0.5, 0.6) is 0 Å². The average molecular weight is 420 g/mol. The van der Waals surface area contributed by atoms with Crippen molar-refractivity contribution in [1.29, 1.82) is 0 Å². The molecule has 2 saturated heterocycles. The van der Waals surface area contributed by atoms with E-state index < -0.39 is 27.0 Å². The van der Waals surface area contributed by atoms with E-state index in [2.05, 4.69) is 0 Å². The number of carbonyl (C=O) groups excluding carboxylic acids is 2. The highest BCUT2D eigenvalue weighted by Crippen LogP contribution is 2.22. The lowest BCUT2D eigenvalue weighted by atomic mass is 10.2. The molecule has 0 atom stereocenters. The molecule has 1 amide bonds. The molecule has 162 valence electrons. The number of piperazine rings is 1. The van der Waals surface area contributed by atoms with Gasteiger partial charge in [0.25, 0.3) is 0 Å². The van der Waals surface area contributed by atoms with Crippen LogP contribution in [0.3, 0.4) is 0 Å². The van der Waals surface area contributed by atoms with Gasteiger partial charge in [0.15, 0.2) is 0 Å². The number of nitrogens with zero attached hydrogens (tertiary/aromatic N) is 3. The fourth-order valence-corrected chi connectivity index (χ4v) is 5.02. The van der Waals surface area contributed by atoms with E-state index in [1.807, 2.05) is 4.90 Å². The lowest BCUT2D eigenvalue weighted by Gasteiger charge is -2.42. The summed E-state index contributed by atoms with van der Waals surface area (Å²) >= 11 is 0. The maximum absolute atomic E-state index is 12.8. The summed E-state index contributed by atoms with van der Waals surface area (Å²) in [5, 5.41) is -0.457. The third-order valence-electron chi connectivity index (χ3n) is 4.59. The number of likely N-dealkylation sites (tertiary alicyclic amines) is 1. The second-order valence-corrected chi connectivity index (χ2v) is 10.8. The van der Waals surface area contributed by atoms with Crippen molar-refractivity contribution in [3.8, 4) is 0 Å². The average Bonchev–Trinajstić information content (AvgIpc) is 2.51. The first-order valence-corrected chi connectivity index (χ1v) is 11.3. The summed E-state index contributed by atoms with van der Waals surface area (Å²) in [5.74, 6) is -0.264. The van der Waals surface area contributed by atoms with E-state index in [9.17, 15) is 18.0 Å². The first kappa shape index (κ1) is 22.9. The fourth-order valence-electron chi connectivity index (χ4n) is 3.13. The molecule has 0 bridgehead atoms. The fraction of sp³-hybridized carbons (Fsp3) is 0.889. The Balaban J connectivity index is 1.75. The predicted octanol–water partition coefficient (Wildman–Crippen LogP) is 0.895. The van der Waals surface area contributed by atoms with Crippen molar-refractivity contribution in [1.82, 2.24) is 14.1 Å². The smallest absolute Gasteiger partial charge is 0.410 e. The third-order valence-corrected chi connectivity index (χ3v) is 6.82. The molecule has 0 unspecified atom stereocenters. The van der Waals surface area contributed by atoms with Gasteiger partial charge in [-0.3, -0.25) is 9.69 Å². The second-order valence-electron chi connectivity index (χ2n) is 8.58. The van der Waals surface area contributed by atoms with Crippen LogP contribution in [-0.2, 0) is 24.3 Å². The summed E-state index contributed by atoms with van der Waals surface area (Å²) in [5.41, 5.74) is -0.572. The van der Waals surface area contributed by atoms with Crippen molar-refractivity contribution in [2.45, 2.75) is 58.0 Å². The minimum absolute atomic E-state index is 0.142. The number of carbonyl (C=O) groups is 2. The van der Waals surface area contributed by atoms with Crippen LogP contribution in [0.25, 0.3) is 0 Å². The van der Waals surface area contributed by atoms with Crippen molar-refractivity contribution in [3.63, 3.8) is 0 Å². The highest BCUT2D eigenvalue weighted by molar-refractivity contribution is 7.89. The Morgan fingerprint density at radius 3 is 2.14 bits per heavy atom. The van der Waals surface area contributed by atoms with E-state index >= 15 is 0 Å². The standard InChI is InChI=1S/C18H33N3O6S/c1-14(2)26-16(22)6-7-19-12-15(13-19)28(24,25)21-10-8-20(9-11-21)17(23)27-18(3,4)5/h14-15H,6-13H2,1-5H3. The van der Waals surface area contributed by atoms with Gasteiger partial charge in [0, 0.05) is 45.8 Å². The first-order chi connectivity index (χ1) is 12.9. The maximum atomic E-state index is 12.8. The maximum Gasteiger partial charge on any atom is 0.410 e. The molecule has 0 aromatic heterocycles. The van der Waals surface area contributed by atoms with Crippen molar-refractivity contribution in [2.24, 2.45) is 0 Å². The lowest BCUT2D eigenvalue weighted by molar-refractivity contribution is -0.147. The highest BCUT2D eigenvalue weighted by atomic mass is 32.2. The normalized spacial score (nSPS) is 20.1. The molecule has 2 fully saturated rings. The van der Waals surface area contributed by atoms with E-state index in [0.717, 1.165) is 0 Å². The molecule has 9 nitrogen and oxygen atoms in total. The van der Waals surface area contributed by atoms with Crippen LogP contribution in [0.4, 0.5) is 4.79 Å². The van der Waals surface area contributed by atoms with Gasteiger partial charge in [-0.15, -0.1) is 0 Å². The topological polar surface area (TPSA) is 96.5 Å². The molecule has 2 aliphatic heterocycles. The Labute approximate surface area is 168 Å². The molecule has 2 rings (SSSR count). The number of hydrogen-bond acceptors (Lipinski definition) is 7. The van der Waals surface area contributed by atoms with Crippen molar-refractivity contribution in [3.05, 3.63) is 0 Å². The van der Waals surface area contributed by atoms with Gasteiger partial charge >= 0.3 is 12.1 Å². The molecule has 10 heteroatoms. The largest absolute Gasteiger partial charge is 0.463 e. The molecular formula is C18H33N3O6S. The monoisotopic (exact) mass is 419 g/mol. The minimum atomic E-state index is -3.40. The van der Waals surface area contributed by atoms with Crippen molar-refractivity contribution >= 4 is 22.1 Å². The molecule has 28 heavy (non-hydrogen) atoms. The molecule has 0 aromatic rings. The van der Waals surface area contributed by atoms with Gasteiger partial charge in [0.2, 0.25) is 10.0 Å². The third kappa shape index (κ3) is 6.31. The number of sulfonamides is 1. The summed E-state index contributed by atoms with van der Waals surface area (Å²) < 4.78 is 37.4. The molecule has 0 aliphatic carbocycles. The Bertz CT molecular complexity index is 659. The number of esters is 1. The Kier molecular flexibility index (Phi) is 7.33. The SMILES string of the molecule is CC(C)OC(=O)CCN1CC(S(=O)(=O)N2CCN(C(=O)OC(C)(C)C)CC2)C1. The van der Waals surface area contributed by atoms with Crippen LogP contribution < -0.4 is 0 Å². The quantitative estimate of drug-likeness (QED) is 0.590. The molecule has 0 N–H and O–H groups in total. The van der Waals surface area contributed by atoms with Crippen LogP contribution in [0.1, 0.15) is 41.0 Å². The van der Waals surface area contributed by atoms with E-state index in [0.29, 0.717) is 32.7 Å². The van der Waals surface area contributed by atoms with Gasteiger partial charge in [-0.1, -0.05) is 0 Å². The van der Waals surface area contributed by atoms with E-state index in [1.165, 1.54) is 4.31 Å². The highest BCUT2D eigenvalue weighted by Gasteiger charge is 2.42. The van der Waals surface area contributed by atoms with Crippen LogP contribution >= 0.6 is 0 Å². The summed E-state index contributed by atoms with van der Waals surface area (Å²) in [6.45, 7) is 11.6. The molecule has 0 aromatic carbocycles. The van der Waals surface area contributed by atoms with Crippen molar-refractivity contribution in [2.75, 3.05) is 45.8 Å². The van der Waals surface area contributed by atoms with Crippen LogP contribution in [0.15, 0.2) is 0 Å². The van der Waals surface area contributed by atoms with Gasteiger partial charge in [-0.25, -0.2) is 13.2 Å². The second kappa shape index (κ2) is 8.96. The zero-order valence-electron chi connectivity index (χ0n) is 17.5. The van der Waals surface area contributed by atoms with E-state index in [1.54, 1.807) is 39.5 Å². The number of amides is 1. The molecule has 0 radical (unpaired) electrons. The Morgan fingerprint density at radius 1 is 1.07 bits per heavy atom. The van der Waals surface area contributed by atoms with Gasteiger partial charge < -0.3 is 14.4 Å². The van der Waals surface area contributed by atoms with Gasteiger partial charge in [-0.2, -0.15) is 4.31 Å².